The molecule has 1 unspecified atom stereocenters. The molecule has 3 rings (SSSR count). The third kappa shape index (κ3) is 2.14. The van der Waals surface area contributed by atoms with Crippen LogP contribution >= 0.6 is 0 Å². The molecule has 1 heterocycles. The molecule has 21 heavy (non-hydrogen) atoms. The lowest BCUT2D eigenvalue weighted by Crippen LogP contribution is -2.27. The van der Waals surface area contributed by atoms with E-state index in [1.165, 1.54) is 5.56 Å². The minimum absolute atomic E-state index is 0.0408. The molecule has 0 spiro atoms. The fourth-order valence-electron chi connectivity index (χ4n) is 2.90. The van der Waals surface area contributed by atoms with Crippen molar-refractivity contribution in [1.29, 1.82) is 0 Å². The summed E-state index contributed by atoms with van der Waals surface area (Å²) in [6.07, 6.45) is 0. The van der Waals surface area contributed by atoms with Crippen molar-refractivity contribution in [3.8, 4) is 0 Å². The molecule has 0 aliphatic carbocycles. The number of carbonyl (C=O) groups excluding carboxylic acids is 1. The first-order chi connectivity index (χ1) is 9.91. The molecule has 1 aliphatic heterocycles. The van der Waals surface area contributed by atoms with Crippen LogP contribution in [0.4, 0.5) is 5.69 Å². The Bertz CT molecular complexity index is 719. The molecule has 2 aromatic rings. The highest BCUT2D eigenvalue weighted by molar-refractivity contribution is 6.05. The fraction of sp³-hybridized carbons (Fsp3) is 0.278. The van der Waals surface area contributed by atoms with Crippen LogP contribution in [0.5, 0.6) is 0 Å². The van der Waals surface area contributed by atoms with Crippen LogP contribution in [0.15, 0.2) is 42.5 Å². The highest BCUT2D eigenvalue weighted by Gasteiger charge is 2.38. The van der Waals surface area contributed by atoms with E-state index in [-0.39, 0.29) is 11.9 Å². The van der Waals surface area contributed by atoms with E-state index in [2.05, 4.69) is 30.4 Å². The summed E-state index contributed by atoms with van der Waals surface area (Å²) in [6.45, 7) is 5.95. The van der Waals surface area contributed by atoms with E-state index in [1.54, 1.807) is 0 Å². The monoisotopic (exact) mass is 280 g/mol. The maximum Gasteiger partial charge on any atom is 0.234 e. The van der Waals surface area contributed by atoms with Crippen LogP contribution in [0, 0.1) is 6.92 Å². The molecule has 0 fully saturated rings. The van der Waals surface area contributed by atoms with Crippen molar-refractivity contribution in [1.82, 2.24) is 0 Å². The molecule has 0 bridgehead atoms. The molecule has 0 saturated carbocycles. The van der Waals surface area contributed by atoms with E-state index < -0.39 is 5.41 Å². The Labute approximate surface area is 125 Å². The summed E-state index contributed by atoms with van der Waals surface area (Å²) >= 11 is 0. The molecule has 3 N–H and O–H groups in total. The summed E-state index contributed by atoms with van der Waals surface area (Å²) in [5, 5.41) is 2.93. The Morgan fingerprint density at radius 3 is 2.57 bits per heavy atom. The molecule has 0 radical (unpaired) electrons. The van der Waals surface area contributed by atoms with Crippen molar-refractivity contribution < 1.29 is 4.79 Å². The van der Waals surface area contributed by atoms with E-state index in [1.807, 2.05) is 38.1 Å². The van der Waals surface area contributed by atoms with Crippen molar-refractivity contribution in [2.24, 2.45) is 5.73 Å². The topological polar surface area (TPSA) is 55.1 Å². The number of rotatable bonds is 2. The molecule has 108 valence electrons. The van der Waals surface area contributed by atoms with Crippen LogP contribution in [0.1, 0.15) is 42.1 Å². The number of aryl methyl sites for hydroxylation is 1. The van der Waals surface area contributed by atoms with Crippen LogP contribution in [0.2, 0.25) is 0 Å². The second kappa shape index (κ2) is 4.71. The third-order valence-corrected chi connectivity index (χ3v) is 4.42. The lowest BCUT2D eigenvalue weighted by Gasteiger charge is -2.19. The normalized spacial score (nSPS) is 17.2. The molecule has 0 saturated heterocycles. The minimum Gasteiger partial charge on any atom is -0.325 e. The summed E-state index contributed by atoms with van der Waals surface area (Å²) in [4.78, 5) is 12.0. The van der Waals surface area contributed by atoms with Crippen molar-refractivity contribution in [3.05, 3.63) is 64.7 Å². The summed E-state index contributed by atoms with van der Waals surface area (Å²) in [7, 11) is 0. The lowest BCUT2D eigenvalue weighted by molar-refractivity contribution is -0.119. The molecule has 1 aliphatic rings. The van der Waals surface area contributed by atoms with Gasteiger partial charge in [0, 0.05) is 5.69 Å². The van der Waals surface area contributed by atoms with Gasteiger partial charge in [0.2, 0.25) is 5.91 Å². The number of amides is 1. The second-order valence-corrected chi connectivity index (χ2v) is 6.22. The second-order valence-electron chi connectivity index (χ2n) is 6.22. The summed E-state index contributed by atoms with van der Waals surface area (Å²) in [6, 6.07) is 14.0. The molecular formula is C18H20N2O. The Morgan fingerprint density at radius 1 is 1.14 bits per heavy atom. The first-order valence-corrected chi connectivity index (χ1v) is 7.18. The predicted octanol–water partition coefficient (Wildman–Crippen LogP) is 3.27. The van der Waals surface area contributed by atoms with Gasteiger partial charge in [-0.2, -0.15) is 0 Å². The molecule has 2 aromatic carbocycles. The molecule has 1 amide bonds. The van der Waals surface area contributed by atoms with E-state index in [4.69, 9.17) is 5.73 Å². The van der Waals surface area contributed by atoms with E-state index >= 15 is 0 Å². The van der Waals surface area contributed by atoms with Crippen molar-refractivity contribution in [3.63, 3.8) is 0 Å². The maximum atomic E-state index is 12.0. The third-order valence-electron chi connectivity index (χ3n) is 4.42. The van der Waals surface area contributed by atoms with Gasteiger partial charge < -0.3 is 11.1 Å². The van der Waals surface area contributed by atoms with Crippen molar-refractivity contribution >= 4 is 11.6 Å². The summed E-state index contributed by atoms with van der Waals surface area (Å²) in [5.41, 5.74) is 11.2. The van der Waals surface area contributed by atoms with Crippen LogP contribution in [-0.2, 0) is 10.2 Å². The molecular weight excluding hydrogens is 260 g/mol. The maximum absolute atomic E-state index is 12.0. The SMILES string of the molecule is Cc1ccccc1C(N)c1ccc2c(c1)C(C)(C)C(=O)N2. The van der Waals surface area contributed by atoms with Crippen LogP contribution in [-0.4, -0.2) is 5.91 Å². The smallest absolute Gasteiger partial charge is 0.234 e. The fourth-order valence-corrected chi connectivity index (χ4v) is 2.90. The Balaban J connectivity index is 2.05. The molecule has 1 atom stereocenters. The quantitative estimate of drug-likeness (QED) is 0.887. The highest BCUT2D eigenvalue weighted by atomic mass is 16.2. The van der Waals surface area contributed by atoms with Gasteiger partial charge in [-0.1, -0.05) is 36.4 Å². The van der Waals surface area contributed by atoms with Gasteiger partial charge in [0.05, 0.1) is 11.5 Å². The van der Waals surface area contributed by atoms with Gasteiger partial charge in [-0.05, 0) is 49.1 Å². The number of hydrogen-bond acceptors (Lipinski definition) is 2. The first kappa shape index (κ1) is 13.8. The average Bonchev–Trinajstić information content (AvgIpc) is 2.69. The number of anilines is 1. The van der Waals surface area contributed by atoms with E-state index in [0.29, 0.717) is 0 Å². The minimum atomic E-state index is -0.503. The van der Waals surface area contributed by atoms with Crippen molar-refractivity contribution in [2.45, 2.75) is 32.2 Å². The van der Waals surface area contributed by atoms with E-state index in [0.717, 1.165) is 22.4 Å². The summed E-state index contributed by atoms with van der Waals surface area (Å²) < 4.78 is 0. The largest absolute Gasteiger partial charge is 0.325 e. The number of benzene rings is 2. The lowest BCUT2D eigenvalue weighted by atomic mass is 9.84. The summed E-state index contributed by atoms with van der Waals surface area (Å²) in [5.74, 6) is 0.0408. The highest BCUT2D eigenvalue weighted by Crippen LogP contribution is 2.39. The van der Waals surface area contributed by atoms with Gasteiger partial charge in [0.1, 0.15) is 0 Å². The zero-order chi connectivity index (χ0) is 15.2. The van der Waals surface area contributed by atoms with Crippen LogP contribution in [0.3, 0.4) is 0 Å². The van der Waals surface area contributed by atoms with Crippen LogP contribution in [0.25, 0.3) is 0 Å². The number of hydrogen-bond donors (Lipinski definition) is 2. The number of fused-ring (bicyclic) bond motifs is 1. The van der Waals surface area contributed by atoms with Gasteiger partial charge in [-0.15, -0.1) is 0 Å². The zero-order valence-electron chi connectivity index (χ0n) is 12.6. The first-order valence-electron chi connectivity index (χ1n) is 7.18. The molecule has 3 heteroatoms. The predicted molar refractivity (Wildman–Crippen MR) is 85.3 cm³/mol. The standard InChI is InChI=1S/C18H20N2O/c1-11-6-4-5-7-13(11)16(19)12-8-9-15-14(10-12)18(2,3)17(21)20-15/h4-10,16H,19H2,1-3H3,(H,20,21). The van der Waals surface area contributed by atoms with Gasteiger partial charge in [-0.3, -0.25) is 4.79 Å². The zero-order valence-corrected chi connectivity index (χ0v) is 12.6. The van der Waals surface area contributed by atoms with Crippen molar-refractivity contribution in [2.75, 3.05) is 5.32 Å². The number of nitrogens with one attached hydrogen (secondary N) is 1. The average molecular weight is 280 g/mol. The van der Waals surface area contributed by atoms with Gasteiger partial charge in [0.25, 0.3) is 0 Å². The van der Waals surface area contributed by atoms with Gasteiger partial charge >= 0.3 is 0 Å². The number of carbonyl (C=O) groups is 1. The van der Waals surface area contributed by atoms with Crippen LogP contribution < -0.4 is 11.1 Å². The molecule has 0 aromatic heterocycles. The Morgan fingerprint density at radius 2 is 1.86 bits per heavy atom. The Hall–Kier alpha value is -2.13. The van der Waals surface area contributed by atoms with Gasteiger partial charge in [-0.25, -0.2) is 0 Å². The molecule has 3 nitrogen and oxygen atoms in total. The Kier molecular flexibility index (Phi) is 3.10. The number of nitrogens with two attached hydrogens (primary N) is 1. The van der Waals surface area contributed by atoms with E-state index in [9.17, 15) is 4.79 Å². The van der Waals surface area contributed by atoms with Gasteiger partial charge in [0.15, 0.2) is 0 Å².